The molecule has 0 bridgehead atoms. The van der Waals surface area contributed by atoms with Crippen LogP contribution >= 0.6 is 0 Å². The molecule has 32 heavy (non-hydrogen) atoms. The number of allylic oxidation sites excluding steroid dienone is 3. The van der Waals surface area contributed by atoms with Crippen molar-refractivity contribution in [3.8, 4) is 0 Å². The van der Waals surface area contributed by atoms with E-state index in [4.69, 9.17) is 18.9 Å². The van der Waals surface area contributed by atoms with Gasteiger partial charge in [0, 0.05) is 12.8 Å². The maximum absolute atomic E-state index is 11.6. The molecule has 0 N–H and O–H groups in total. The number of hydrogen-bond acceptors (Lipinski definition) is 6. The van der Waals surface area contributed by atoms with Crippen molar-refractivity contribution in [1.82, 2.24) is 0 Å². The normalized spacial score (nSPS) is 20.1. The van der Waals surface area contributed by atoms with E-state index in [9.17, 15) is 9.59 Å². The first-order valence-electron chi connectivity index (χ1n) is 12.5. The second-order valence-corrected chi connectivity index (χ2v) is 8.89. The summed E-state index contributed by atoms with van der Waals surface area (Å²) in [5.74, 6) is 0.309. The fourth-order valence-corrected chi connectivity index (χ4v) is 3.48. The van der Waals surface area contributed by atoms with Crippen molar-refractivity contribution in [2.75, 3.05) is 26.4 Å². The molecule has 0 amide bonds. The number of esters is 2. The summed E-state index contributed by atoms with van der Waals surface area (Å²) >= 11 is 0. The molecule has 0 spiro atoms. The number of hydrogen-bond donors (Lipinski definition) is 0. The van der Waals surface area contributed by atoms with Crippen molar-refractivity contribution < 1.29 is 28.5 Å². The van der Waals surface area contributed by atoms with Crippen molar-refractivity contribution in [3.05, 3.63) is 24.8 Å². The van der Waals surface area contributed by atoms with Gasteiger partial charge in [0.2, 0.25) is 0 Å². The smallest absolute Gasteiger partial charge is 0.305 e. The van der Waals surface area contributed by atoms with Gasteiger partial charge in [-0.05, 0) is 44.4 Å². The van der Waals surface area contributed by atoms with Crippen LogP contribution < -0.4 is 0 Å². The lowest BCUT2D eigenvalue weighted by atomic mass is 9.97. The number of carbonyl (C=O) groups is 2. The zero-order valence-corrected chi connectivity index (χ0v) is 19.6. The lowest BCUT2D eigenvalue weighted by molar-refractivity contribution is -0.145. The Labute approximate surface area is 193 Å². The summed E-state index contributed by atoms with van der Waals surface area (Å²) in [5, 5.41) is 0. The quantitative estimate of drug-likeness (QED) is 0.102. The van der Waals surface area contributed by atoms with Gasteiger partial charge in [-0.3, -0.25) is 9.59 Å². The van der Waals surface area contributed by atoms with E-state index >= 15 is 0 Å². The molecule has 2 aliphatic rings. The van der Waals surface area contributed by atoms with Crippen molar-refractivity contribution in [1.29, 1.82) is 0 Å². The van der Waals surface area contributed by atoms with Gasteiger partial charge in [-0.1, -0.05) is 50.3 Å². The zero-order valence-electron chi connectivity index (χ0n) is 19.6. The third-order valence-electron chi connectivity index (χ3n) is 5.81. The van der Waals surface area contributed by atoms with Crippen LogP contribution in [0.2, 0.25) is 0 Å². The van der Waals surface area contributed by atoms with E-state index in [1.165, 1.54) is 19.3 Å². The summed E-state index contributed by atoms with van der Waals surface area (Å²) in [6.07, 6.45) is 19.9. The Hall–Kier alpha value is -1.66. The van der Waals surface area contributed by atoms with Gasteiger partial charge >= 0.3 is 11.9 Å². The van der Waals surface area contributed by atoms with Crippen LogP contribution in [0.15, 0.2) is 24.8 Å². The van der Waals surface area contributed by atoms with E-state index in [2.05, 4.69) is 24.8 Å². The maximum Gasteiger partial charge on any atom is 0.305 e. The molecule has 3 atom stereocenters. The van der Waals surface area contributed by atoms with Crippen molar-refractivity contribution in [3.63, 3.8) is 0 Å². The third kappa shape index (κ3) is 15.2. The van der Waals surface area contributed by atoms with E-state index in [1.54, 1.807) is 0 Å². The van der Waals surface area contributed by atoms with Crippen LogP contribution in [0.1, 0.15) is 83.5 Å². The Morgan fingerprint density at radius 3 is 1.91 bits per heavy atom. The van der Waals surface area contributed by atoms with E-state index in [0.717, 1.165) is 64.6 Å². The van der Waals surface area contributed by atoms with Crippen molar-refractivity contribution >= 4 is 11.9 Å². The monoisotopic (exact) mass is 450 g/mol. The van der Waals surface area contributed by atoms with Crippen LogP contribution in [0.5, 0.6) is 0 Å². The molecule has 2 saturated heterocycles. The fourth-order valence-electron chi connectivity index (χ4n) is 3.48. The lowest BCUT2D eigenvalue weighted by Gasteiger charge is -2.09. The van der Waals surface area contributed by atoms with E-state index in [1.807, 2.05) is 0 Å². The number of unbranched alkanes of at least 4 members (excludes halogenated alkanes) is 7. The fraction of sp³-hybridized carbons (Fsp3) is 0.769. The molecule has 0 aromatic heterocycles. The molecule has 2 heterocycles. The Bertz CT molecular complexity index is 565. The summed E-state index contributed by atoms with van der Waals surface area (Å²) in [6, 6.07) is 0. The highest BCUT2D eigenvalue weighted by Gasteiger charge is 2.24. The SMILES string of the molecule is C=CC(CC=CCCCCCCCC(=O)OCC1CO1)CCCCCC(=O)OCC1CO1. The summed E-state index contributed by atoms with van der Waals surface area (Å²) < 4.78 is 20.3. The largest absolute Gasteiger partial charge is 0.463 e. The number of ether oxygens (including phenoxy) is 4. The van der Waals surface area contributed by atoms with Gasteiger partial charge in [0.1, 0.15) is 25.4 Å². The molecule has 0 radical (unpaired) electrons. The molecule has 2 aliphatic heterocycles. The molecule has 6 nitrogen and oxygen atoms in total. The van der Waals surface area contributed by atoms with Gasteiger partial charge in [-0.2, -0.15) is 0 Å². The predicted octanol–water partition coefficient (Wildman–Crippen LogP) is 5.30. The Morgan fingerprint density at radius 2 is 1.34 bits per heavy atom. The van der Waals surface area contributed by atoms with Gasteiger partial charge in [0.15, 0.2) is 0 Å². The first-order chi connectivity index (χ1) is 15.7. The zero-order chi connectivity index (χ0) is 22.9. The molecule has 0 aliphatic carbocycles. The number of rotatable bonds is 21. The molecular formula is C26H42O6. The average molecular weight is 451 g/mol. The second kappa shape index (κ2) is 16.9. The summed E-state index contributed by atoms with van der Waals surface area (Å²) in [6.45, 7) is 6.26. The van der Waals surface area contributed by atoms with E-state index in [-0.39, 0.29) is 24.1 Å². The summed E-state index contributed by atoms with van der Waals surface area (Å²) in [7, 11) is 0. The van der Waals surface area contributed by atoms with Crippen molar-refractivity contribution in [2.45, 2.75) is 95.7 Å². The van der Waals surface area contributed by atoms with Crippen LogP contribution in [0.4, 0.5) is 0 Å². The molecule has 0 aromatic rings. The van der Waals surface area contributed by atoms with Crippen LogP contribution in [0, 0.1) is 5.92 Å². The molecule has 3 unspecified atom stereocenters. The van der Waals surface area contributed by atoms with E-state index < -0.39 is 0 Å². The maximum atomic E-state index is 11.6. The van der Waals surface area contributed by atoms with Crippen LogP contribution in [-0.4, -0.2) is 50.6 Å². The third-order valence-corrected chi connectivity index (χ3v) is 5.81. The minimum Gasteiger partial charge on any atom is -0.463 e. The Balaban J connectivity index is 1.33. The minimum absolute atomic E-state index is 0.0953. The van der Waals surface area contributed by atoms with Crippen LogP contribution in [0.3, 0.4) is 0 Å². The molecular weight excluding hydrogens is 408 g/mol. The molecule has 0 aromatic carbocycles. The highest BCUT2D eigenvalue weighted by molar-refractivity contribution is 5.69. The number of epoxide rings is 2. The van der Waals surface area contributed by atoms with Gasteiger partial charge < -0.3 is 18.9 Å². The molecule has 6 heteroatoms. The standard InChI is InChI=1S/C26H42O6/c1-2-22(15-11-9-13-17-26(28)32-21-24-19-30-24)14-10-7-5-3-4-6-8-12-16-25(27)31-20-23-18-29-23/h2,7,10,22-24H,1,3-6,8-9,11-21H2. The van der Waals surface area contributed by atoms with Gasteiger partial charge in [0.25, 0.3) is 0 Å². The first kappa shape index (κ1) is 26.6. The van der Waals surface area contributed by atoms with Crippen LogP contribution in [-0.2, 0) is 28.5 Å². The molecule has 2 rings (SSSR count). The topological polar surface area (TPSA) is 77.7 Å². The summed E-state index contributed by atoms with van der Waals surface area (Å²) in [5.41, 5.74) is 0. The first-order valence-corrected chi connectivity index (χ1v) is 12.5. The summed E-state index contributed by atoms with van der Waals surface area (Å²) in [4.78, 5) is 23.1. The van der Waals surface area contributed by atoms with E-state index in [0.29, 0.717) is 32.0 Å². The predicted molar refractivity (Wildman–Crippen MR) is 124 cm³/mol. The second-order valence-electron chi connectivity index (χ2n) is 8.89. The molecule has 0 saturated carbocycles. The highest BCUT2D eigenvalue weighted by atomic mass is 16.6. The molecule has 182 valence electrons. The Morgan fingerprint density at radius 1 is 0.812 bits per heavy atom. The van der Waals surface area contributed by atoms with Gasteiger partial charge in [-0.15, -0.1) is 6.58 Å². The van der Waals surface area contributed by atoms with Gasteiger partial charge in [-0.25, -0.2) is 0 Å². The molecule has 2 fully saturated rings. The minimum atomic E-state index is -0.106. The Kier molecular flexibility index (Phi) is 14.0. The number of carbonyl (C=O) groups excluding carboxylic acids is 2. The van der Waals surface area contributed by atoms with Crippen LogP contribution in [0.25, 0.3) is 0 Å². The van der Waals surface area contributed by atoms with Gasteiger partial charge in [0.05, 0.1) is 13.2 Å². The lowest BCUT2D eigenvalue weighted by Crippen LogP contribution is -2.09. The highest BCUT2D eigenvalue weighted by Crippen LogP contribution is 2.17. The average Bonchev–Trinajstić information content (AvgIpc) is 3.70. The van der Waals surface area contributed by atoms with Crippen molar-refractivity contribution in [2.24, 2.45) is 5.92 Å².